The maximum atomic E-state index is 12.2. The Kier molecular flexibility index (Phi) is 3.86. The zero-order valence-electron chi connectivity index (χ0n) is 12.2. The molecule has 1 aromatic carbocycles. The van der Waals surface area contributed by atoms with Crippen LogP contribution in [-0.4, -0.2) is 28.6 Å². The van der Waals surface area contributed by atoms with Gasteiger partial charge in [0.15, 0.2) is 0 Å². The highest BCUT2D eigenvalue weighted by atomic mass is 16.4. The van der Waals surface area contributed by atoms with Gasteiger partial charge in [0, 0.05) is 25.1 Å². The molecule has 1 aliphatic heterocycles. The molecule has 0 radical (unpaired) electrons. The summed E-state index contributed by atoms with van der Waals surface area (Å²) in [7, 11) is 0. The molecule has 0 aliphatic carbocycles. The van der Waals surface area contributed by atoms with Gasteiger partial charge in [-0.3, -0.25) is 14.9 Å². The molecule has 1 saturated heterocycles. The van der Waals surface area contributed by atoms with Gasteiger partial charge in [-0.1, -0.05) is 30.2 Å². The van der Waals surface area contributed by atoms with Crippen molar-refractivity contribution < 1.29 is 14.0 Å². The number of para-hydroxylation sites is 1. The number of benzene rings is 1. The molecule has 7 heteroatoms. The standard InChI is InChI=1S/C15H16N4O3/c1-2-12(20)16-15-18-17-14(22-15)10-8-13(21)19(9-10)11-6-4-3-5-7-11/h3-7,10H,2,8-9H2,1H3,(H,16,18,20). The minimum Gasteiger partial charge on any atom is -0.407 e. The van der Waals surface area contributed by atoms with E-state index in [-0.39, 0.29) is 23.7 Å². The molecule has 0 spiro atoms. The third-order valence-electron chi connectivity index (χ3n) is 3.55. The smallest absolute Gasteiger partial charge is 0.322 e. The van der Waals surface area contributed by atoms with Crippen molar-refractivity contribution in [1.82, 2.24) is 10.2 Å². The molecule has 7 nitrogen and oxygen atoms in total. The predicted molar refractivity (Wildman–Crippen MR) is 79.4 cm³/mol. The summed E-state index contributed by atoms with van der Waals surface area (Å²) in [6.07, 6.45) is 0.652. The molecular formula is C15H16N4O3. The Labute approximate surface area is 127 Å². The van der Waals surface area contributed by atoms with E-state index in [1.54, 1.807) is 11.8 Å². The number of amides is 2. The maximum absolute atomic E-state index is 12.2. The van der Waals surface area contributed by atoms with Crippen LogP contribution in [0.4, 0.5) is 11.7 Å². The summed E-state index contributed by atoms with van der Waals surface area (Å²) in [4.78, 5) is 25.2. The molecule has 1 aliphatic rings. The number of anilines is 2. The lowest BCUT2D eigenvalue weighted by atomic mass is 10.1. The fourth-order valence-corrected chi connectivity index (χ4v) is 2.39. The van der Waals surface area contributed by atoms with E-state index in [1.165, 1.54) is 0 Å². The lowest BCUT2D eigenvalue weighted by Crippen LogP contribution is -2.24. The molecule has 1 aromatic heterocycles. The molecule has 2 heterocycles. The molecule has 1 fully saturated rings. The van der Waals surface area contributed by atoms with Gasteiger partial charge in [0.2, 0.25) is 17.7 Å². The summed E-state index contributed by atoms with van der Waals surface area (Å²) < 4.78 is 5.44. The number of nitrogens with zero attached hydrogens (tertiary/aromatic N) is 3. The minimum absolute atomic E-state index is 0.0218. The highest BCUT2D eigenvalue weighted by Crippen LogP contribution is 2.31. The number of hydrogen-bond acceptors (Lipinski definition) is 5. The van der Waals surface area contributed by atoms with E-state index < -0.39 is 0 Å². The number of aromatic nitrogens is 2. The molecule has 0 bridgehead atoms. The summed E-state index contributed by atoms with van der Waals surface area (Å²) in [6.45, 7) is 2.23. The monoisotopic (exact) mass is 300 g/mol. The summed E-state index contributed by atoms with van der Waals surface area (Å²) in [5.74, 6) is 0.0443. The first-order chi connectivity index (χ1) is 10.7. The fraction of sp³-hybridized carbons (Fsp3) is 0.333. The Bertz CT molecular complexity index is 683. The third kappa shape index (κ3) is 2.83. The van der Waals surface area contributed by atoms with Gasteiger partial charge in [0.1, 0.15) is 0 Å². The number of rotatable bonds is 4. The van der Waals surface area contributed by atoms with Crippen molar-refractivity contribution in [2.24, 2.45) is 0 Å². The average molecular weight is 300 g/mol. The fourth-order valence-electron chi connectivity index (χ4n) is 2.39. The van der Waals surface area contributed by atoms with Crippen molar-refractivity contribution in [3.05, 3.63) is 36.2 Å². The summed E-state index contributed by atoms with van der Waals surface area (Å²) in [5.41, 5.74) is 0.856. The van der Waals surface area contributed by atoms with Gasteiger partial charge in [0.25, 0.3) is 0 Å². The van der Waals surface area contributed by atoms with Crippen molar-refractivity contribution in [3.63, 3.8) is 0 Å². The predicted octanol–water partition coefficient (Wildman–Crippen LogP) is 1.94. The van der Waals surface area contributed by atoms with Gasteiger partial charge in [-0.2, -0.15) is 0 Å². The first-order valence-corrected chi connectivity index (χ1v) is 7.16. The highest BCUT2D eigenvalue weighted by molar-refractivity contribution is 5.96. The SMILES string of the molecule is CCC(=O)Nc1nnc(C2CC(=O)N(c3ccccc3)C2)o1. The second-order valence-corrected chi connectivity index (χ2v) is 5.09. The molecule has 2 amide bonds. The Morgan fingerprint density at radius 2 is 2.14 bits per heavy atom. The molecular weight excluding hydrogens is 284 g/mol. The molecule has 3 rings (SSSR count). The van der Waals surface area contributed by atoms with E-state index in [2.05, 4.69) is 15.5 Å². The summed E-state index contributed by atoms with van der Waals surface area (Å²) in [6, 6.07) is 9.54. The van der Waals surface area contributed by atoms with Crippen LogP contribution >= 0.6 is 0 Å². The molecule has 1 unspecified atom stereocenters. The Hall–Kier alpha value is -2.70. The Balaban J connectivity index is 1.72. The van der Waals surface area contributed by atoms with Crippen molar-refractivity contribution in [2.45, 2.75) is 25.7 Å². The van der Waals surface area contributed by atoms with Gasteiger partial charge in [-0.15, -0.1) is 5.10 Å². The van der Waals surface area contributed by atoms with Gasteiger partial charge in [0.05, 0.1) is 5.92 Å². The largest absolute Gasteiger partial charge is 0.407 e. The maximum Gasteiger partial charge on any atom is 0.322 e. The molecule has 22 heavy (non-hydrogen) atoms. The van der Waals surface area contributed by atoms with E-state index in [0.717, 1.165) is 5.69 Å². The minimum atomic E-state index is -0.191. The van der Waals surface area contributed by atoms with Gasteiger partial charge < -0.3 is 9.32 Å². The normalized spacial score (nSPS) is 17.8. The lowest BCUT2D eigenvalue weighted by molar-refractivity contribution is -0.117. The average Bonchev–Trinajstić information content (AvgIpc) is 3.14. The third-order valence-corrected chi connectivity index (χ3v) is 3.55. The Morgan fingerprint density at radius 1 is 1.36 bits per heavy atom. The van der Waals surface area contributed by atoms with Gasteiger partial charge in [-0.05, 0) is 12.1 Å². The van der Waals surface area contributed by atoms with Crippen LogP contribution in [0.5, 0.6) is 0 Å². The van der Waals surface area contributed by atoms with E-state index in [4.69, 9.17) is 4.42 Å². The van der Waals surface area contributed by atoms with Crippen LogP contribution < -0.4 is 10.2 Å². The van der Waals surface area contributed by atoms with E-state index in [9.17, 15) is 9.59 Å². The van der Waals surface area contributed by atoms with Crippen LogP contribution in [0.3, 0.4) is 0 Å². The van der Waals surface area contributed by atoms with Gasteiger partial charge in [-0.25, -0.2) is 0 Å². The van der Waals surface area contributed by atoms with Crippen LogP contribution in [0.15, 0.2) is 34.7 Å². The number of nitrogens with one attached hydrogen (secondary N) is 1. The number of carbonyl (C=O) groups is 2. The van der Waals surface area contributed by atoms with Crippen LogP contribution in [0.25, 0.3) is 0 Å². The Morgan fingerprint density at radius 3 is 2.86 bits per heavy atom. The van der Waals surface area contributed by atoms with Crippen LogP contribution in [-0.2, 0) is 9.59 Å². The molecule has 114 valence electrons. The van der Waals surface area contributed by atoms with E-state index in [1.807, 2.05) is 30.3 Å². The number of carbonyl (C=O) groups excluding carboxylic acids is 2. The van der Waals surface area contributed by atoms with Crippen molar-refractivity contribution in [1.29, 1.82) is 0 Å². The van der Waals surface area contributed by atoms with Crippen LogP contribution in [0, 0.1) is 0 Å². The summed E-state index contributed by atoms with van der Waals surface area (Å²) in [5, 5.41) is 10.2. The lowest BCUT2D eigenvalue weighted by Gasteiger charge is -2.15. The van der Waals surface area contributed by atoms with Crippen LogP contribution in [0.1, 0.15) is 31.6 Å². The molecule has 0 saturated carbocycles. The number of hydrogen-bond donors (Lipinski definition) is 1. The second kappa shape index (κ2) is 5.97. The van der Waals surface area contributed by atoms with Gasteiger partial charge >= 0.3 is 6.01 Å². The zero-order chi connectivity index (χ0) is 15.5. The van der Waals surface area contributed by atoms with Crippen LogP contribution in [0.2, 0.25) is 0 Å². The second-order valence-electron chi connectivity index (χ2n) is 5.09. The first kappa shape index (κ1) is 14.2. The summed E-state index contributed by atoms with van der Waals surface area (Å²) >= 11 is 0. The first-order valence-electron chi connectivity index (χ1n) is 7.16. The molecule has 1 atom stereocenters. The van der Waals surface area contributed by atoms with Crippen molar-refractivity contribution >= 4 is 23.5 Å². The van der Waals surface area contributed by atoms with Crippen molar-refractivity contribution in [3.8, 4) is 0 Å². The molecule has 2 aromatic rings. The quantitative estimate of drug-likeness (QED) is 0.932. The zero-order valence-corrected chi connectivity index (χ0v) is 12.2. The van der Waals surface area contributed by atoms with E-state index in [0.29, 0.717) is 25.3 Å². The van der Waals surface area contributed by atoms with Crippen molar-refractivity contribution in [2.75, 3.05) is 16.8 Å². The highest BCUT2D eigenvalue weighted by Gasteiger charge is 2.34. The molecule has 1 N–H and O–H groups in total. The van der Waals surface area contributed by atoms with E-state index >= 15 is 0 Å². The topological polar surface area (TPSA) is 88.3 Å².